The van der Waals surface area contributed by atoms with Crippen LogP contribution in [0.5, 0.6) is 0 Å². The largest absolute Gasteiger partial charge is 0.462 e. The van der Waals surface area contributed by atoms with E-state index < -0.39 is 12.0 Å². The lowest BCUT2D eigenvalue weighted by molar-refractivity contribution is -0.213. The highest BCUT2D eigenvalue weighted by molar-refractivity contribution is 5.67. The number of carbonyl (C=O) groups excluding carboxylic acids is 2. The minimum atomic E-state index is -1.34. The van der Waals surface area contributed by atoms with Gasteiger partial charge < -0.3 is 9.47 Å². The first-order chi connectivity index (χ1) is 13.4. The number of allylic oxidation sites excluding steroid dienone is 1. The highest BCUT2D eigenvalue weighted by atomic mass is 16.5. The van der Waals surface area contributed by atoms with Crippen LogP contribution in [-0.2, 0) is 19.1 Å². The highest BCUT2D eigenvalue weighted by Crippen LogP contribution is 2.73. The first kappa shape index (κ1) is 18.4. The molecule has 5 rings (SSSR count). The van der Waals surface area contributed by atoms with Crippen LogP contribution >= 0.6 is 0 Å². The predicted octanol–water partition coefficient (Wildman–Crippen LogP) is 4.98. The van der Waals surface area contributed by atoms with E-state index in [2.05, 4.69) is 33.4 Å². The zero-order valence-corrected chi connectivity index (χ0v) is 17.9. The van der Waals surface area contributed by atoms with Crippen molar-refractivity contribution >= 4 is 11.9 Å². The van der Waals surface area contributed by atoms with E-state index in [1.54, 1.807) is 0 Å². The first-order valence-electron chi connectivity index (χ1n) is 11.1. The van der Waals surface area contributed by atoms with Gasteiger partial charge in [-0.3, -0.25) is 9.59 Å². The number of hydrogen-bond acceptors (Lipinski definition) is 4. The van der Waals surface area contributed by atoms with E-state index in [0.29, 0.717) is 12.3 Å². The number of esters is 2. The van der Waals surface area contributed by atoms with E-state index in [1.165, 1.54) is 19.4 Å². The second-order valence-electron chi connectivity index (χ2n) is 10.3. The van der Waals surface area contributed by atoms with Crippen molar-refractivity contribution in [2.75, 3.05) is 0 Å². The van der Waals surface area contributed by atoms with Gasteiger partial charge in [0.05, 0.1) is 1.37 Å². The zero-order chi connectivity index (χ0) is 21.4. The van der Waals surface area contributed by atoms with Crippen molar-refractivity contribution in [2.24, 2.45) is 28.1 Å². The second kappa shape index (κ2) is 6.21. The van der Waals surface area contributed by atoms with Gasteiger partial charge in [-0.05, 0) is 49.9 Å². The number of fused-ring (bicyclic) bond motifs is 3. The van der Waals surface area contributed by atoms with Gasteiger partial charge in [-0.2, -0.15) is 0 Å². The van der Waals surface area contributed by atoms with Gasteiger partial charge in [0.2, 0.25) is 0 Å². The van der Waals surface area contributed by atoms with E-state index >= 15 is 0 Å². The van der Waals surface area contributed by atoms with E-state index in [4.69, 9.17) is 10.8 Å². The van der Waals surface area contributed by atoms with E-state index in [1.807, 2.05) is 0 Å². The van der Waals surface area contributed by atoms with Crippen LogP contribution in [-0.4, -0.2) is 24.1 Å². The Labute approximate surface area is 170 Å². The number of ether oxygens (including phenoxy) is 2. The summed E-state index contributed by atoms with van der Waals surface area (Å²) in [4.78, 5) is 23.9. The molecule has 0 N–H and O–H groups in total. The van der Waals surface area contributed by atoms with Crippen LogP contribution in [0.25, 0.3) is 0 Å². The maximum atomic E-state index is 12.0. The molecule has 5 aliphatic carbocycles. The molecule has 0 aliphatic heterocycles. The summed E-state index contributed by atoms with van der Waals surface area (Å²) in [6, 6.07) is 0. The van der Waals surface area contributed by atoms with Crippen molar-refractivity contribution in [3.63, 3.8) is 0 Å². The van der Waals surface area contributed by atoms with Gasteiger partial charge in [0, 0.05) is 30.6 Å². The molecular weight excluding hydrogens is 352 g/mol. The van der Waals surface area contributed by atoms with Crippen LogP contribution in [0.4, 0.5) is 0 Å². The summed E-state index contributed by atoms with van der Waals surface area (Å²) in [5.41, 5.74) is 1.75. The Balaban J connectivity index is 1.90. The molecule has 0 saturated heterocycles. The van der Waals surface area contributed by atoms with Crippen LogP contribution in [0.1, 0.15) is 74.5 Å². The van der Waals surface area contributed by atoms with Gasteiger partial charge in [0.1, 0.15) is 12.2 Å². The summed E-state index contributed by atoms with van der Waals surface area (Å²) in [6.45, 7) is 14.1. The summed E-state index contributed by atoms with van der Waals surface area (Å²) in [7, 11) is 0. The van der Waals surface area contributed by atoms with Crippen LogP contribution in [0.15, 0.2) is 23.8 Å². The molecule has 0 aromatic heterocycles. The molecule has 5 aliphatic rings. The summed E-state index contributed by atoms with van der Waals surface area (Å²) in [5.74, 6) is -0.575. The first-order valence-corrected chi connectivity index (χ1v) is 10.6. The molecule has 0 aromatic carbocycles. The SMILES string of the molecule is [2H][C@@]1(OC(C)=O)C[C@]23CC(=C)[C@H]1C=C2CCC1C(C)(C)CC[C@H](OC(C)=O)[C@]13C. The van der Waals surface area contributed by atoms with E-state index in [-0.39, 0.29) is 34.2 Å². The average molecular weight is 388 g/mol. The fraction of sp³-hybridized carbons (Fsp3) is 0.750. The van der Waals surface area contributed by atoms with E-state index in [0.717, 1.165) is 37.7 Å². The van der Waals surface area contributed by atoms with Gasteiger partial charge >= 0.3 is 11.9 Å². The molecule has 3 fully saturated rings. The van der Waals surface area contributed by atoms with Crippen molar-refractivity contribution in [2.45, 2.75) is 85.3 Å². The highest BCUT2D eigenvalue weighted by Gasteiger charge is 2.69. The Morgan fingerprint density at radius 1 is 1.18 bits per heavy atom. The minimum absolute atomic E-state index is 0.118. The topological polar surface area (TPSA) is 52.6 Å². The lowest BCUT2D eigenvalue weighted by Gasteiger charge is -2.69. The van der Waals surface area contributed by atoms with E-state index in [9.17, 15) is 9.59 Å². The maximum Gasteiger partial charge on any atom is 0.302 e. The Hall–Kier alpha value is -1.58. The van der Waals surface area contributed by atoms with Crippen molar-refractivity contribution in [3.05, 3.63) is 23.8 Å². The molecular formula is C24H34O4. The molecule has 4 nitrogen and oxygen atoms in total. The molecule has 0 aromatic rings. The molecule has 2 bridgehead atoms. The Bertz CT molecular complexity index is 814. The minimum Gasteiger partial charge on any atom is -0.462 e. The van der Waals surface area contributed by atoms with Crippen LogP contribution < -0.4 is 0 Å². The third-order valence-electron chi connectivity index (χ3n) is 8.48. The van der Waals surface area contributed by atoms with Crippen molar-refractivity contribution < 1.29 is 20.4 Å². The number of rotatable bonds is 2. The average Bonchev–Trinajstić information content (AvgIpc) is 2.56. The molecule has 4 heteroatoms. The number of hydrogen-bond donors (Lipinski definition) is 0. The van der Waals surface area contributed by atoms with Crippen LogP contribution in [0.2, 0.25) is 0 Å². The fourth-order valence-electron chi connectivity index (χ4n) is 7.35. The molecule has 1 spiro atoms. The maximum absolute atomic E-state index is 12.0. The summed E-state index contributed by atoms with van der Waals surface area (Å²) in [6.07, 6.45) is 5.76. The predicted molar refractivity (Wildman–Crippen MR) is 107 cm³/mol. The Morgan fingerprint density at radius 3 is 2.50 bits per heavy atom. The quantitative estimate of drug-likeness (QED) is 0.495. The standard InChI is InChI=1S/C24H34O4/c1-14-12-24-13-19(27-15(2)25)18(14)11-17(24)7-8-20-22(4,5)10-9-21(23(20,24)6)28-16(3)26/h11,18-21H,1,7-10,12-13H2,2-6H3/t18-,19-,20?,21+,23+,24-/m1/s1/i19D. The molecule has 1 unspecified atom stereocenters. The second-order valence-corrected chi connectivity index (χ2v) is 10.3. The molecule has 0 radical (unpaired) electrons. The lowest BCUT2D eigenvalue weighted by Crippen LogP contribution is -2.66. The van der Waals surface area contributed by atoms with Gasteiger partial charge in [-0.25, -0.2) is 0 Å². The smallest absolute Gasteiger partial charge is 0.302 e. The number of carbonyl (C=O) groups is 2. The zero-order valence-electron chi connectivity index (χ0n) is 18.9. The monoisotopic (exact) mass is 387 g/mol. The third-order valence-corrected chi connectivity index (χ3v) is 8.48. The third kappa shape index (κ3) is 2.55. The van der Waals surface area contributed by atoms with Crippen molar-refractivity contribution in [3.8, 4) is 0 Å². The molecule has 0 amide bonds. The summed E-state index contributed by atoms with van der Waals surface area (Å²) in [5, 5.41) is 0. The van der Waals surface area contributed by atoms with Crippen LogP contribution in [0, 0.1) is 28.1 Å². The van der Waals surface area contributed by atoms with Crippen molar-refractivity contribution in [1.82, 2.24) is 0 Å². The van der Waals surface area contributed by atoms with Gasteiger partial charge in [0.25, 0.3) is 0 Å². The molecule has 3 saturated carbocycles. The molecule has 154 valence electrons. The van der Waals surface area contributed by atoms with Gasteiger partial charge in [-0.1, -0.05) is 44.6 Å². The molecule has 6 atom stereocenters. The molecule has 0 heterocycles. The fourth-order valence-corrected chi connectivity index (χ4v) is 7.35. The summed E-state index contributed by atoms with van der Waals surface area (Å²) >= 11 is 0. The van der Waals surface area contributed by atoms with Gasteiger partial charge in [0.15, 0.2) is 0 Å². The normalized spacial score (nSPS) is 46.6. The summed E-state index contributed by atoms with van der Waals surface area (Å²) < 4.78 is 20.7. The van der Waals surface area contributed by atoms with Crippen molar-refractivity contribution in [1.29, 1.82) is 0 Å². The van der Waals surface area contributed by atoms with Crippen LogP contribution in [0.3, 0.4) is 0 Å². The Kier molecular flexibility index (Phi) is 4.09. The molecule has 28 heavy (non-hydrogen) atoms. The Morgan fingerprint density at radius 2 is 1.86 bits per heavy atom. The lowest BCUT2D eigenvalue weighted by atomic mass is 9.36. The van der Waals surface area contributed by atoms with Gasteiger partial charge in [-0.15, -0.1) is 0 Å².